The van der Waals surface area contributed by atoms with E-state index in [1.165, 1.54) is 89.9 Å². The first kappa shape index (κ1) is 19.0. The SMILES string of the molecule is CCCCCCCCCC(CCCCCCC)NC. The Morgan fingerprint density at radius 1 is 0.579 bits per heavy atom. The fraction of sp³-hybridized carbons (Fsp3) is 1.00. The van der Waals surface area contributed by atoms with Gasteiger partial charge in [0.15, 0.2) is 0 Å². The Kier molecular flexibility index (Phi) is 16.0. The summed E-state index contributed by atoms with van der Waals surface area (Å²) < 4.78 is 0. The lowest BCUT2D eigenvalue weighted by Gasteiger charge is -2.15. The summed E-state index contributed by atoms with van der Waals surface area (Å²) in [6.07, 6.45) is 19.8. The van der Waals surface area contributed by atoms with E-state index >= 15 is 0 Å². The highest BCUT2D eigenvalue weighted by atomic mass is 14.9. The van der Waals surface area contributed by atoms with Gasteiger partial charge < -0.3 is 5.32 Å². The van der Waals surface area contributed by atoms with Gasteiger partial charge in [-0.05, 0) is 19.9 Å². The summed E-state index contributed by atoms with van der Waals surface area (Å²) in [7, 11) is 2.14. The molecule has 0 bridgehead atoms. The van der Waals surface area contributed by atoms with Crippen LogP contribution in [0.15, 0.2) is 0 Å². The monoisotopic (exact) mass is 269 g/mol. The predicted octanol–water partition coefficient (Wildman–Crippen LogP) is 6.08. The van der Waals surface area contributed by atoms with Crippen LogP contribution in [0.3, 0.4) is 0 Å². The predicted molar refractivity (Wildman–Crippen MR) is 88.8 cm³/mol. The van der Waals surface area contributed by atoms with Gasteiger partial charge in [0.25, 0.3) is 0 Å². The first-order chi connectivity index (χ1) is 9.35. The fourth-order valence-electron chi connectivity index (χ4n) is 2.78. The molecule has 0 amide bonds. The molecule has 1 unspecified atom stereocenters. The van der Waals surface area contributed by atoms with Crippen LogP contribution in [0, 0.1) is 0 Å². The lowest BCUT2D eigenvalue weighted by molar-refractivity contribution is 0.436. The third-order valence-electron chi connectivity index (χ3n) is 4.22. The summed E-state index contributed by atoms with van der Waals surface area (Å²) in [6, 6.07) is 0.775. The molecule has 0 rings (SSSR count). The molecule has 116 valence electrons. The largest absolute Gasteiger partial charge is 0.317 e. The smallest absolute Gasteiger partial charge is 0.00640 e. The minimum absolute atomic E-state index is 0.775. The van der Waals surface area contributed by atoms with Crippen molar-refractivity contribution in [3.8, 4) is 0 Å². The molecule has 0 aromatic rings. The van der Waals surface area contributed by atoms with E-state index in [9.17, 15) is 0 Å². The highest BCUT2D eigenvalue weighted by molar-refractivity contribution is 4.64. The maximum Gasteiger partial charge on any atom is 0.00640 e. The summed E-state index contributed by atoms with van der Waals surface area (Å²) in [5, 5.41) is 3.50. The van der Waals surface area contributed by atoms with Gasteiger partial charge in [0.1, 0.15) is 0 Å². The van der Waals surface area contributed by atoms with E-state index in [-0.39, 0.29) is 0 Å². The van der Waals surface area contributed by atoms with Crippen molar-refractivity contribution in [3.63, 3.8) is 0 Å². The molecule has 1 heteroatoms. The second-order valence-corrected chi connectivity index (χ2v) is 6.10. The number of nitrogens with one attached hydrogen (secondary N) is 1. The van der Waals surface area contributed by atoms with E-state index < -0.39 is 0 Å². The topological polar surface area (TPSA) is 12.0 Å². The molecule has 19 heavy (non-hydrogen) atoms. The van der Waals surface area contributed by atoms with Crippen molar-refractivity contribution in [1.82, 2.24) is 5.32 Å². The number of rotatable bonds is 15. The third-order valence-corrected chi connectivity index (χ3v) is 4.22. The van der Waals surface area contributed by atoms with E-state index in [2.05, 4.69) is 26.2 Å². The summed E-state index contributed by atoms with van der Waals surface area (Å²) in [5.74, 6) is 0. The van der Waals surface area contributed by atoms with E-state index in [0.29, 0.717) is 0 Å². The molecule has 1 atom stereocenters. The molecule has 0 aliphatic rings. The van der Waals surface area contributed by atoms with Crippen molar-refractivity contribution < 1.29 is 0 Å². The maximum absolute atomic E-state index is 3.50. The molecule has 0 fully saturated rings. The Labute approximate surface area is 122 Å². The third kappa shape index (κ3) is 14.2. The van der Waals surface area contributed by atoms with E-state index in [1.807, 2.05) is 0 Å². The lowest BCUT2D eigenvalue weighted by atomic mass is 10.0. The van der Waals surface area contributed by atoms with Gasteiger partial charge in [-0.2, -0.15) is 0 Å². The zero-order valence-electron chi connectivity index (χ0n) is 14.0. The van der Waals surface area contributed by atoms with Crippen molar-refractivity contribution in [2.45, 2.75) is 110 Å². The van der Waals surface area contributed by atoms with Crippen molar-refractivity contribution in [1.29, 1.82) is 0 Å². The van der Waals surface area contributed by atoms with Gasteiger partial charge in [-0.15, -0.1) is 0 Å². The summed E-state index contributed by atoms with van der Waals surface area (Å²) in [5.41, 5.74) is 0. The average Bonchev–Trinajstić information content (AvgIpc) is 2.44. The molecule has 0 saturated heterocycles. The van der Waals surface area contributed by atoms with Crippen LogP contribution in [0.2, 0.25) is 0 Å². The highest BCUT2D eigenvalue weighted by Gasteiger charge is 2.05. The summed E-state index contributed by atoms with van der Waals surface area (Å²) >= 11 is 0. The molecule has 1 N–H and O–H groups in total. The zero-order valence-corrected chi connectivity index (χ0v) is 14.0. The first-order valence-electron chi connectivity index (χ1n) is 9.02. The molecular formula is C18H39N. The Balaban J connectivity index is 3.29. The molecule has 1 nitrogen and oxygen atoms in total. The van der Waals surface area contributed by atoms with Gasteiger partial charge in [-0.1, -0.05) is 90.9 Å². The Morgan fingerprint density at radius 2 is 0.947 bits per heavy atom. The normalized spacial score (nSPS) is 12.8. The number of hydrogen-bond acceptors (Lipinski definition) is 1. The maximum atomic E-state index is 3.50. The summed E-state index contributed by atoms with van der Waals surface area (Å²) in [6.45, 7) is 4.58. The van der Waals surface area contributed by atoms with Crippen LogP contribution in [-0.4, -0.2) is 13.1 Å². The van der Waals surface area contributed by atoms with Crippen molar-refractivity contribution >= 4 is 0 Å². The second-order valence-electron chi connectivity index (χ2n) is 6.10. The van der Waals surface area contributed by atoms with E-state index in [4.69, 9.17) is 0 Å². The minimum atomic E-state index is 0.775. The molecule has 0 aliphatic carbocycles. The zero-order chi connectivity index (χ0) is 14.2. The molecule has 0 aromatic heterocycles. The molecular weight excluding hydrogens is 230 g/mol. The van der Waals surface area contributed by atoms with Crippen LogP contribution in [0.1, 0.15) is 104 Å². The van der Waals surface area contributed by atoms with Gasteiger partial charge in [0, 0.05) is 6.04 Å². The van der Waals surface area contributed by atoms with Gasteiger partial charge in [0.2, 0.25) is 0 Å². The molecule has 0 radical (unpaired) electrons. The minimum Gasteiger partial charge on any atom is -0.317 e. The molecule has 0 saturated carbocycles. The van der Waals surface area contributed by atoms with Crippen LogP contribution in [0.5, 0.6) is 0 Å². The first-order valence-corrected chi connectivity index (χ1v) is 9.02. The Hall–Kier alpha value is -0.0400. The molecule has 0 heterocycles. The van der Waals surface area contributed by atoms with Crippen molar-refractivity contribution in [2.75, 3.05) is 7.05 Å². The van der Waals surface area contributed by atoms with Gasteiger partial charge in [-0.3, -0.25) is 0 Å². The van der Waals surface area contributed by atoms with Crippen molar-refractivity contribution in [2.24, 2.45) is 0 Å². The van der Waals surface area contributed by atoms with Crippen LogP contribution in [-0.2, 0) is 0 Å². The molecule has 0 aliphatic heterocycles. The quantitative estimate of drug-likeness (QED) is 0.355. The van der Waals surface area contributed by atoms with E-state index in [0.717, 1.165) is 6.04 Å². The van der Waals surface area contributed by atoms with Crippen LogP contribution < -0.4 is 5.32 Å². The van der Waals surface area contributed by atoms with Crippen molar-refractivity contribution in [3.05, 3.63) is 0 Å². The Bertz CT molecular complexity index is 156. The van der Waals surface area contributed by atoms with Crippen LogP contribution >= 0.6 is 0 Å². The Morgan fingerprint density at radius 3 is 1.32 bits per heavy atom. The number of unbranched alkanes of at least 4 members (excludes halogenated alkanes) is 10. The fourth-order valence-corrected chi connectivity index (χ4v) is 2.78. The summed E-state index contributed by atoms with van der Waals surface area (Å²) in [4.78, 5) is 0. The van der Waals surface area contributed by atoms with Gasteiger partial charge in [0.05, 0.1) is 0 Å². The standard InChI is InChI=1S/C18H39N/c1-4-6-8-10-11-13-15-17-18(19-3)16-14-12-9-7-5-2/h18-19H,4-17H2,1-3H3. The van der Waals surface area contributed by atoms with Crippen LogP contribution in [0.4, 0.5) is 0 Å². The second kappa shape index (κ2) is 16.0. The molecule has 0 aromatic carbocycles. The van der Waals surface area contributed by atoms with Crippen LogP contribution in [0.25, 0.3) is 0 Å². The molecule has 0 spiro atoms. The highest BCUT2D eigenvalue weighted by Crippen LogP contribution is 2.13. The van der Waals surface area contributed by atoms with Gasteiger partial charge >= 0.3 is 0 Å². The average molecular weight is 270 g/mol. The number of hydrogen-bond donors (Lipinski definition) is 1. The van der Waals surface area contributed by atoms with Gasteiger partial charge in [-0.25, -0.2) is 0 Å². The lowest BCUT2D eigenvalue weighted by Crippen LogP contribution is -2.24. The van der Waals surface area contributed by atoms with E-state index in [1.54, 1.807) is 0 Å².